The maximum atomic E-state index is 12.3. The Bertz CT molecular complexity index is 1040. The summed E-state index contributed by atoms with van der Waals surface area (Å²) in [5, 5.41) is 4.68. The van der Waals surface area contributed by atoms with E-state index in [4.69, 9.17) is 4.42 Å². The number of thiophene rings is 1. The molecule has 0 unspecified atom stereocenters. The summed E-state index contributed by atoms with van der Waals surface area (Å²) >= 11 is 1.52. The fourth-order valence-corrected chi connectivity index (χ4v) is 3.93. The molecule has 2 heterocycles. The van der Waals surface area contributed by atoms with Gasteiger partial charge >= 0.3 is 0 Å². The fourth-order valence-electron chi connectivity index (χ4n) is 2.38. The van der Waals surface area contributed by atoms with E-state index in [2.05, 4.69) is 10.3 Å². The molecule has 0 fully saturated rings. The van der Waals surface area contributed by atoms with E-state index in [1.807, 2.05) is 17.5 Å². The van der Waals surface area contributed by atoms with Gasteiger partial charge in [-0.05, 0) is 42.6 Å². The fraction of sp³-hybridized carbons (Fsp3) is 0.222. The minimum absolute atomic E-state index is 0.0679. The summed E-state index contributed by atoms with van der Waals surface area (Å²) in [7, 11) is -0.560. The summed E-state index contributed by atoms with van der Waals surface area (Å²) < 4.78 is 30.9. The SMILES string of the molecule is Cc1oc(-c2cccs2)nc1CC(=O)Nc1ccc(S(=O)(=O)N(C)C)cc1. The summed E-state index contributed by atoms with van der Waals surface area (Å²) in [6.07, 6.45) is 0.0679. The molecule has 1 amide bonds. The molecule has 3 rings (SSSR count). The standard InChI is InChI=1S/C18H19N3O4S2/c1-12-15(20-18(25-12)16-5-4-10-26-16)11-17(22)19-13-6-8-14(9-7-13)27(23,24)21(2)3/h4-10H,11H2,1-3H3,(H,19,22). The zero-order valence-electron chi connectivity index (χ0n) is 15.1. The van der Waals surface area contributed by atoms with Crippen molar-refractivity contribution < 1.29 is 17.6 Å². The van der Waals surface area contributed by atoms with Crippen LogP contribution in [0, 0.1) is 6.92 Å². The Balaban J connectivity index is 1.68. The third-order valence-electron chi connectivity index (χ3n) is 3.87. The molecule has 0 aliphatic heterocycles. The number of hydrogen-bond acceptors (Lipinski definition) is 6. The molecule has 7 nitrogen and oxygen atoms in total. The van der Waals surface area contributed by atoms with E-state index in [1.54, 1.807) is 19.1 Å². The van der Waals surface area contributed by atoms with Crippen LogP contribution in [0.3, 0.4) is 0 Å². The van der Waals surface area contributed by atoms with Crippen LogP contribution in [0.2, 0.25) is 0 Å². The van der Waals surface area contributed by atoms with Gasteiger partial charge in [-0.3, -0.25) is 4.79 Å². The molecule has 0 aliphatic carbocycles. The van der Waals surface area contributed by atoms with Crippen LogP contribution in [0.15, 0.2) is 51.1 Å². The van der Waals surface area contributed by atoms with Crippen LogP contribution in [-0.4, -0.2) is 37.7 Å². The molecule has 142 valence electrons. The van der Waals surface area contributed by atoms with Crippen LogP contribution in [0.4, 0.5) is 5.69 Å². The number of oxazole rings is 1. The smallest absolute Gasteiger partial charge is 0.242 e. The summed E-state index contributed by atoms with van der Waals surface area (Å²) in [5.74, 6) is 0.844. The van der Waals surface area contributed by atoms with E-state index < -0.39 is 10.0 Å². The average Bonchev–Trinajstić information content (AvgIpc) is 3.25. The van der Waals surface area contributed by atoms with Crippen molar-refractivity contribution in [1.29, 1.82) is 0 Å². The largest absolute Gasteiger partial charge is 0.440 e. The Hall–Kier alpha value is -2.49. The van der Waals surface area contributed by atoms with Crippen molar-refractivity contribution in [2.75, 3.05) is 19.4 Å². The molecular weight excluding hydrogens is 386 g/mol. The lowest BCUT2D eigenvalue weighted by atomic mass is 10.2. The predicted octanol–water partition coefficient (Wildman–Crippen LogP) is 3.14. The monoisotopic (exact) mass is 405 g/mol. The third-order valence-corrected chi connectivity index (χ3v) is 6.56. The number of anilines is 1. The van der Waals surface area contributed by atoms with Crippen LogP contribution in [0.25, 0.3) is 10.8 Å². The lowest BCUT2D eigenvalue weighted by molar-refractivity contribution is -0.115. The van der Waals surface area contributed by atoms with Gasteiger partial charge in [0, 0.05) is 19.8 Å². The number of amides is 1. The maximum absolute atomic E-state index is 12.3. The van der Waals surface area contributed by atoms with Crippen LogP contribution >= 0.6 is 11.3 Å². The highest BCUT2D eigenvalue weighted by Crippen LogP contribution is 2.26. The Labute approximate surface area is 161 Å². The van der Waals surface area contributed by atoms with Gasteiger partial charge in [0.2, 0.25) is 21.8 Å². The molecule has 0 saturated carbocycles. The molecule has 0 atom stereocenters. The molecule has 0 saturated heterocycles. The molecule has 0 radical (unpaired) electrons. The highest BCUT2D eigenvalue weighted by molar-refractivity contribution is 7.89. The number of hydrogen-bond donors (Lipinski definition) is 1. The number of nitrogens with zero attached hydrogens (tertiary/aromatic N) is 2. The Kier molecular flexibility index (Phi) is 5.45. The highest BCUT2D eigenvalue weighted by atomic mass is 32.2. The van der Waals surface area contributed by atoms with Crippen molar-refractivity contribution >= 4 is 33.0 Å². The summed E-state index contributed by atoms with van der Waals surface area (Å²) in [6, 6.07) is 9.85. The third kappa shape index (κ3) is 4.26. The van der Waals surface area contributed by atoms with Gasteiger partial charge in [-0.15, -0.1) is 11.3 Å². The summed E-state index contributed by atoms with van der Waals surface area (Å²) in [4.78, 5) is 17.8. The molecule has 1 N–H and O–H groups in total. The zero-order valence-corrected chi connectivity index (χ0v) is 16.7. The van der Waals surface area contributed by atoms with Gasteiger partial charge in [0.1, 0.15) is 5.76 Å². The Morgan fingerprint density at radius 2 is 1.93 bits per heavy atom. The van der Waals surface area contributed by atoms with Crippen LogP contribution in [-0.2, 0) is 21.2 Å². The van der Waals surface area contributed by atoms with Gasteiger partial charge in [0.15, 0.2) is 0 Å². The van der Waals surface area contributed by atoms with Gasteiger partial charge < -0.3 is 9.73 Å². The minimum Gasteiger partial charge on any atom is -0.440 e. The van der Waals surface area contributed by atoms with Gasteiger partial charge in [0.05, 0.1) is 21.9 Å². The van der Waals surface area contributed by atoms with E-state index in [1.165, 1.54) is 37.6 Å². The van der Waals surface area contributed by atoms with Crippen molar-refractivity contribution in [2.24, 2.45) is 0 Å². The number of aromatic nitrogens is 1. The highest BCUT2D eigenvalue weighted by Gasteiger charge is 2.18. The first kappa shape index (κ1) is 19.3. The second-order valence-electron chi connectivity index (χ2n) is 6.04. The van der Waals surface area contributed by atoms with E-state index in [0.29, 0.717) is 23.0 Å². The van der Waals surface area contributed by atoms with E-state index in [0.717, 1.165) is 9.18 Å². The maximum Gasteiger partial charge on any atom is 0.242 e. The number of nitrogens with one attached hydrogen (secondary N) is 1. The first-order chi connectivity index (χ1) is 12.8. The van der Waals surface area contributed by atoms with Gasteiger partial charge in [-0.25, -0.2) is 17.7 Å². The molecule has 0 aliphatic rings. The van der Waals surface area contributed by atoms with Crippen LogP contribution < -0.4 is 5.32 Å². The number of carbonyl (C=O) groups is 1. The normalized spacial score (nSPS) is 11.7. The molecule has 3 aromatic rings. The molecule has 9 heteroatoms. The van der Waals surface area contributed by atoms with E-state index in [9.17, 15) is 13.2 Å². The first-order valence-corrected chi connectivity index (χ1v) is 10.4. The Morgan fingerprint density at radius 1 is 1.22 bits per heavy atom. The molecule has 27 heavy (non-hydrogen) atoms. The Morgan fingerprint density at radius 3 is 2.52 bits per heavy atom. The molecule has 0 bridgehead atoms. The number of aryl methyl sites for hydroxylation is 1. The van der Waals surface area contributed by atoms with Crippen molar-refractivity contribution in [3.8, 4) is 10.8 Å². The topological polar surface area (TPSA) is 92.5 Å². The second kappa shape index (κ2) is 7.63. The van der Waals surface area contributed by atoms with Crippen molar-refractivity contribution in [3.63, 3.8) is 0 Å². The average molecular weight is 406 g/mol. The van der Waals surface area contributed by atoms with Gasteiger partial charge in [-0.1, -0.05) is 6.07 Å². The quantitative estimate of drug-likeness (QED) is 0.680. The summed E-state index contributed by atoms with van der Waals surface area (Å²) in [5.41, 5.74) is 1.08. The molecule has 1 aromatic carbocycles. The zero-order chi connectivity index (χ0) is 19.6. The number of benzene rings is 1. The van der Waals surface area contributed by atoms with Crippen molar-refractivity contribution in [2.45, 2.75) is 18.2 Å². The first-order valence-electron chi connectivity index (χ1n) is 8.10. The molecule has 0 spiro atoms. The van der Waals surface area contributed by atoms with E-state index in [-0.39, 0.29) is 17.2 Å². The molecule has 2 aromatic heterocycles. The van der Waals surface area contributed by atoms with Gasteiger partial charge in [0.25, 0.3) is 0 Å². The van der Waals surface area contributed by atoms with Crippen molar-refractivity contribution in [3.05, 3.63) is 53.2 Å². The minimum atomic E-state index is -3.50. The lowest BCUT2D eigenvalue weighted by Gasteiger charge is -2.11. The molecular formula is C18H19N3O4S2. The number of rotatable bonds is 6. The van der Waals surface area contributed by atoms with Gasteiger partial charge in [-0.2, -0.15) is 0 Å². The van der Waals surface area contributed by atoms with Crippen LogP contribution in [0.5, 0.6) is 0 Å². The second-order valence-corrected chi connectivity index (χ2v) is 9.14. The number of carbonyl (C=O) groups excluding carboxylic acids is 1. The predicted molar refractivity (Wildman–Crippen MR) is 104 cm³/mol. The van der Waals surface area contributed by atoms with E-state index >= 15 is 0 Å². The lowest BCUT2D eigenvalue weighted by Crippen LogP contribution is -2.22. The number of sulfonamides is 1. The summed E-state index contributed by atoms with van der Waals surface area (Å²) in [6.45, 7) is 1.77. The van der Waals surface area contributed by atoms with Crippen LogP contribution in [0.1, 0.15) is 11.5 Å². The van der Waals surface area contributed by atoms with Crippen molar-refractivity contribution in [1.82, 2.24) is 9.29 Å².